The van der Waals surface area contributed by atoms with Crippen molar-refractivity contribution < 1.29 is 0 Å². The third-order valence-electron chi connectivity index (χ3n) is 1.94. The molecule has 1 unspecified atom stereocenters. The third kappa shape index (κ3) is 0.785. The van der Waals surface area contributed by atoms with E-state index in [4.69, 9.17) is 0 Å². The summed E-state index contributed by atoms with van der Waals surface area (Å²) in [5.74, 6) is 0.773. The van der Waals surface area contributed by atoms with Gasteiger partial charge in [-0.25, -0.2) is 0 Å². The number of nitrogens with one attached hydrogen (secondary N) is 1. The van der Waals surface area contributed by atoms with E-state index in [9.17, 15) is 0 Å². The molecule has 1 radical (unpaired) electrons. The van der Waals surface area contributed by atoms with Crippen molar-refractivity contribution in [1.82, 2.24) is 5.23 Å². The van der Waals surface area contributed by atoms with E-state index in [-0.39, 0.29) is 0 Å². The zero-order chi connectivity index (χ0) is 6.10. The van der Waals surface area contributed by atoms with Crippen LogP contribution in [0.5, 0.6) is 0 Å². The van der Waals surface area contributed by atoms with Gasteiger partial charge in [0, 0.05) is 5.70 Å². The van der Waals surface area contributed by atoms with Crippen molar-refractivity contribution in [2.45, 2.75) is 12.7 Å². The molecule has 2 aliphatic rings. The molecule has 0 bridgehead atoms. The van der Waals surface area contributed by atoms with Crippen molar-refractivity contribution in [1.29, 1.82) is 0 Å². The van der Waals surface area contributed by atoms with Crippen LogP contribution < -0.4 is 5.23 Å². The lowest BCUT2D eigenvalue weighted by atomic mass is 9.85. The maximum atomic E-state index is 3.24. The lowest BCUT2D eigenvalue weighted by Crippen LogP contribution is -2.09. The van der Waals surface area contributed by atoms with E-state index in [1.165, 1.54) is 18.4 Å². The smallest absolute Gasteiger partial charge is 0.243 e. The van der Waals surface area contributed by atoms with Gasteiger partial charge >= 0.3 is 0 Å². The molecule has 2 rings (SSSR count). The lowest BCUT2D eigenvalue weighted by Gasteiger charge is -2.11. The zero-order valence-corrected chi connectivity index (χ0v) is 5.30. The molecule has 1 nitrogen and oxygen atoms in total. The van der Waals surface area contributed by atoms with Gasteiger partial charge in [0.15, 0.2) is 0 Å². The minimum absolute atomic E-state index is 0.773. The van der Waals surface area contributed by atoms with Crippen LogP contribution in [0.2, 0.25) is 6.32 Å². The summed E-state index contributed by atoms with van der Waals surface area (Å²) in [5, 5.41) is 3.24. The summed E-state index contributed by atoms with van der Waals surface area (Å²) < 4.78 is 0. The van der Waals surface area contributed by atoms with Crippen molar-refractivity contribution >= 4 is 7.41 Å². The van der Waals surface area contributed by atoms with Crippen molar-refractivity contribution in [3.8, 4) is 0 Å². The van der Waals surface area contributed by atoms with Gasteiger partial charge in [-0.05, 0) is 24.7 Å². The van der Waals surface area contributed by atoms with Crippen LogP contribution in [0.3, 0.4) is 0 Å². The molecule has 0 aromatic rings. The molecule has 0 saturated carbocycles. The number of hydrogen-bond donors (Lipinski definition) is 1. The monoisotopic (exact) mass is 118 g/mol. The highest BCUT2D eigenvalue weighted by Crippen LogP contribution is 2.25. The molecule has 9 heavy (non-hydrogen) atoms. The van der Waals surface area contributed by atoms with Gasteiger partial charge in [0.1, 0.15) is 0 Å². The Labute approximate surface area is 56.1 Å². The highest BCUT2D eigenvalue weighted by molar-refractivity contribution is 6.34. The number of fused-ring (bicyclic) bond motifs is 1. The fourth-order valence-electron chi connectivity index (χ4n) is 1.39. The van der Waals surface area contributed by atoms with Crippen LogP contribution in [0.15, 0.2) is 23.9 Å². The SMILES string of the molecule is [B]1CC2CC=CC=C2N1. The average Bonchev–Trinajstić information content (AvgIpc) is 2.33. The standard InChI is InChI=1S/C7H9BN/c1-2-4-7-6(3-1)5-8-9-7/h1-2,4,6,9H,3,5H2. The van der Waals surface area contributed by atoms with E-state index in [1.807, 2.05) is 0 Å². The molecule has 2 heteroatoms. The van der Waals surface area contributed by atoms with E-state index in [2.05, 4.69) is 30.9 Å². The molecule has 0 aromatic heterocycles. The van der Waals surface area contributed by atoms with Crippen LogP contribution in [0, 0.1) is 5.92 Å². The molecular weight excluding hydrogens is 109 g/mol. The van der Waals surface area contributed by atoms with E-state index in [0.717, 1.165) is 5.92 Å². The highest BCUT2D eigenvalue weighted by atomic mass is 14.8. The fraction of sp³-hybridized carbons (Fsp3) is 0.429. The predicted molar refractivity (Wildman–Crippen MR) is 39.0 cm³/mol. The van der Waals surface area contributed by atoms with E-state index in [0.29, 0.717) is 0 Å². The largest absolute Gasteiger partial charge is 0.435 e. The molecule has 1 aliphatic carbocycles. The Morgan fingerprint density at radius 3 is 3.56 bits per heavy atom. The van der Waals surface area contributed by atoms with Crippen LogP contribution in [0.25, 0.3) is 0 Å². The maximum absolute atomic E-state index is 3.24. The van der Waals surface area contributed by atoms with Gasteiger partial charge in [-0.1, -0.05) is 12.2 Å². The molecule has 1 saturated heterocycles. The lowest BCUT2D eigenvalue weighted by molar-refractivity contribution is 0.693. The van der Waals surface area contributed by atoms with Crippen LogP contribution in [0.4, 0.5) is 0 Å². The first-order valence-electron chi connectivity index (χ1n) is 3.42. The van der Waals surface area contributed by atoms with Crippen molar-refractivity contribution in [3.05, 3.63) is 23.9 Å². The Balaban J connectivity index is 2.23. The number of rotatable bonds is 0. The molecule has 1 fully saturated rings. The third-order valence-corrected chi connectivity index (χ3v) is 1.94. The summed E-state index contributed by atoms with van der Waals surface area (Å²) in [6, 6.07) is 0. The minimum atomic E-state index is 0.773. The summed E-state index contributed by atoms with van der Waals surface area (Å²) in [4.78, 5) is 0. The van der Waals surface area contributed by atoms with Crippen LogP contribution in [-0.2, 0) is 0 Å². The molecule has 45 valence electrons. The second-order valence-electron chi connectivity index (χ2n) is 2.57. The summed E-state index contributed by atoms with van der Waals surface area (Å²) in [6.45, 7) is 0. The quantitative estimate of drug-likeness (QED) is 0.469. The van der Waals surface area contributed by atoms with Gasteiger partial charge in [-0.2, -0.15) is 0 Å². The highest BCUT2D eigenvalue weighted by Gasteiger charge is 2.20. The van der Waals surface area contributed by atoms with Gasteiger partial charge in [0.25, 0.3) is 0 Å². The van der Waals surface area contributed by atoms with Crippen LogP contribution >= 0.6 is 0 Å². The first-order valence-corrected chi connectivity index (χ1v) is 3.42. The summed E-state index contributed by atoms with van der Waals surface area (Å²) in [5.41, 5.74) is 1.40. The summed E-state index contributed by atoms with van der Waals surface area (Å²) in [6.07, 6.45) is 8.94. The van der Waals surface area contributed by atoms with Crippen molar-refractivity contribution in [3.63, 3.8) is 0 Å². The summed E-state index contributed by atoms with van der Waals surface area (Å²) >= 11 is 0. The molecule has 1 N–H and O–H groups in total. The Hall–Kier alpha value is -0.655. The minimum Gasteiger partial charge on any atom is -0.435 e. The van der Waals surface area contributed by atoms with Crippen LogP contribution in [0.1, 0.15) is 6.42 Å². The predicted octanol–water partition coefficient (Wildman–Crippen LogP) is 1.09. The normalized spacial score (nSPS) is 30.2. The van der Waals surface area contributed by atoms with Gasteiger partial charge in [-0.3, -0.25) is 0 Å². The molecule has 1 atom stereocenters. The Morgan fingerprint density at radius 2 is 2.67 bits per heavy atom. The molecule has 0 spiro atoms. The molecule has 1 aliphatic heterocycles. The van der Waals surface area contributed by atoms with Crippen molar-refractivity contribution in [2.75, 3.05) is 0 Å². The second kappa shape index (κ2) is 1.94. The summed E-state index contributed by atoms with van der Waals surface area (Å²) in [7, 11) is 2.14. The van der Waals surface area contributed by atoms with Gasteiger partial charge in [-0.15, -0.1) is 0 Å². The van der Waals surface area contributed by atoms with Crippen molar-refractivity contribution in [2.24, 2.45) is 5.92 Å². The van der Waals surface area contributed by atoms with Gasteiger partial charge in [0.05, 0.1) is 0 Å². The Bertz CT molecular complexity index is 172. The second-order valence-corrected chi connectivity index (χ2v) is 2.57. The Kier molecular flexibility index (Phi) is 1.11. The first kappa shape index (κ1) is 5.16. The Morgan fingerprint density at radius 1 is 1.67 bits per heavy atom. The van der Waals surface area contributed by atoms with Gasteiger partial charge in [0.2, 0.25) is 7.41 Å². The van der Waals surface area contributed by atoms with E-state index < -0.39 is 0 Å². The first-order chi connectivity index (χ1) is 4.47. The van der Waals surface area contributed by atoms with E-state index >= 15 is 0 Å². The van der Waals surface area contributed by atoms with E-state index in [1.54, 1.807) is 0 Å². The zero-order valence-electron chi connectivity index (χ0n) is 5.30. The molecular formula is C7H9BN. The number of allylic oxidation sites excluding steroid dienone is 4. The fourth-order valence-corrected chi connectivity index (χ4v) is 1.39. The maximum Gasteiger partial charge on any atom is 0.243 e. The molecule has 0 amide bonds. The number of hydrogen-bond acceptors (Lipinski definition) is 1. The topological polar surface area (TPSA) is 12.0 Å². The average molecular weight is 118 g/mol. The van der Waals surface area contributed by atoms with Crippen LogP contribution in [-0.4, -0.2) is 7.41 Å². The van der Waals surface area contributed by atoms with Gasteiger partial charge < -0.3 is 5.23 Å². The molecule has 1 heterocycles. The molecule has 0 aromatic carbocycles.